The van der Waals surface area contributed by atoms with E-state index in [0.717, 1.165) is 0 Å². The maximum Gasteiger partial charge on any atom is 0.418 e. The Kier molecular flexibility index (Phi) is 2.42. The third-order valence-corrected chi connectivity index (χ3v) is 2.62. The summed E-state index contributed by atoms with van der Waals surface area (Å²) in [7, 11) is 0. The van der Waals surface area contributed by atoms with Gasteiger partial charge in [-0.15, -0.1) is 0 Å². The molecule has 2 rings (SSSR count). The van der Waals surface area contributed by atoms with Crippen molar-refractivity contribution in [3.63, 3.8) is 0 Å². The predicted molar refractivity (Wildman–Crippen MR) is 59.4 cm³/mol. The van der Waals surface area contributed by atoms with E-state index in [1.54, 1.807) is 24.3 Å². The maximum atomic E-state index is 14.0. The van der Waals surface area contributed by atoms with Gasteiger partial charge in [-0.2, -0.15) is 4.39 Å². The van der Waals surface area contributed by atoms with E-state index >= 15 is 0 Å². The average molecular weight is 221 g/mol. The molecule has 0 spiro atoms. The van der Waals surface area contributed by atoms with Crippen molar-refractivity contribution in [1.82, 2.24) is 4.57 Å². The van der Waals surface area contributed by atoms with Crippen molar-refractivity contribution in [2.24, 2.45) is 0 Å². The zero-order chi connectivity index (χ0) is 11.9. The summed E-state index contributed by atoms with van der Waals surface area (Å²) in [5, 5.41) is 9.65. The highest BCUT2D eigenvalue weighted by atomic mass is 19.1. The Morgan fingerprint density at radius 3 is 2.56 bits per heavy atom. The highest BCUT2D eigenvalue weighted by Crippen LogP contribution is 2.30. The molecule has 0 fully saturated rings. The van der Waals surface area contributed by atoms with Crippen LogP contribution in [0.5, 0.6) is 0 Å². The number of halogens is 1. The highest BCUT2D eigenvalue weighted by molar-refractivity contribution is 5.92. The first-order valence-electron chi connectivity index (χ1n) is 5.06. The molecule has 3 nitrogen and oxygen atoms in total. The average Bonchev–Trinajstić information content (AvgIpc) is 2.49. The zero-order valence-electron chi connectivity index (χ0n) is 9.07. The van der Waals surface area contributed by atoms with E-state index < -0.39 is 12.0 Å². The summed E-state index contributed by atoms with van der Waals surface area (Å²) in [6.45, 7) is 3.69. The zero-order valence-corrected chi connectivity index (χ0v) is 9.07. The Hall–Kier alpha value is -1.84. The van der Waals surface area contributed by atoms with Crippen molar-refractivity contribution >= 4 is 17.0 Å². The summed E-state index contributed by atoms with van der Waals surface area (Å²) >= 11 is 0. The third kappa shape index (κ3) is 1.38. The van der Waals surface area contributed by atoms with E-state index in [2.05, 4.69) is 0 Å². The number of benzene rings is 1. The summed E-state index contributed by atoms with van der Waals surface area (Å²) < 4.78 is 14.7. The number of carboxylic acid groups (broad SMARTS) is 1. The van der Waals surface area contributed by atoms with Crippen LogP contribution in [0.1, 0.15) is 25.3 Å². The third-order valence-electron chi connectivity index (χ3n) is 2.62. The molecule has 84 valence electrons. The molecule has 0 saturated heterocycles. The second-order valence-corrected chi connectivity index (χ2v) is 3.99. The van der Waals surface area contributed by atoms with Gasteiger partial charge in [0.2, 0.25) is 5.95 Å². The summed E-state index contributed by atoms with van der Waals surface area (Å²) in [6.07, 6.45) is -1.29. The molecule has 2 aromatic rings. The molecule has 0 aliphatic heterocycles. The summed E-state index contributed by atoms with van der Waals surface area (Å²) in [4.78, 5) is 11.0. The number of carbonyl (C=O) groups is 1. The molecule has 1 heterocycles. The van der Waals surface area contributed by atoms with E-state index in [-0.39, 0.29) is 5.92 Å². The van der Waals surface area contributed by atoms with Crippen molar-refractivity contribution in [3.8, 4) is 0 Å². The number of nitrogens with zero attached hydrogens (tertiary/aromatic N) is 1. The van der Waals surface area contributed by atoms with Crippen molar-refractivity contribution in [1.29, 1.82) is 0 Å². The monoisotopic (exact) mass is 221 g/mol. The van der Waals surface area contributed by atoms with Crippen LogP contribution in [0.3, 0.4) is 0 Å². The summed E-state index contributed by atoms with van der Waals surface area (Å²) in [5.41, 5.74) is 0.856. The van der Waals surface area contributed by atoms with Gasteiger partial charge < -0.3 is 5.11 Å². The summed E-state index contributed by atoms with van der Waals surface area (Å²) in [6, 6.07) is 6.83. The second kappa shape index (κ2) is 3.63. The van der Waals surface area contributed by atoms with E-state index in [9.17, 15) is 9.18 Å². The first kappa shape index (κ1) is 10.7. The van der Waals surface area contributed by atoms with Crippen LogP contribution in [0.15, 0.2) is 24.3 Å². The molecule has 16 heavy (non-hydrogen) atoms. The molecule has 4 heteroatoms. The number of hydrogen-bond acceptors (Lipinski definition) is 1. The molecule has 0 saturated carbocycles. The van der Waals surface area contributed by atoms with Gasteiger partial charge in [-0.25, -0.2) is 9.36 Å². The smallest absolute Gasteiger partial charge is 0.418 e. The fourth-order valence-electron chi connectivity index (χ4n) is 1.97. The van der Waals surface area contributed by atoms with E-state index in [0.29, 0.717) is 21.0 Å². The van der Waals surface area contributed by atoms with Gasteiger partial charge in [0.25, 0.3) is 0 Å². The fourth-order valence-corrected chi connectivity index (χ4v) is 1.97. The minimum absolute atomic E-state index is 0.0505. The lowest BCUT2D eigenvalue weighted by molar-refractivity contribution is 0.193. The van der Waals surface area contributed by atoms with Crippen molar-refractivity contribution in [2.45, 2.75) is 19.8 Å². The summed E-state index contributed by atoms with van der Waals surface area (Å²) in [5.74, 6) is -0.728. The van der Waals surface area contributed by atoms with Gasteiger partial charge >= 0.3 is 6.09 Å². The Labute approximate surface area is 92.1 Å². The van der Waals surface area contributed by atoms with Gasteiger partial charge in [0.15, 0.2) is 0 Å². The molecule has 0 radical (unpaired) electrons. The Morgan fingerprint density at radius 2 is 2.00 bits per heavy atom. The molecule has 0 bridgehead atoms. The van der Waals surface area contributed by atoms with E-state index in [4.69, 9.17) is 5.11 Å². The van der Waals surface area contributed by atoms with Crippen LogP contribution in [0.25, 0.3) is 10.9 Å². The fraction of sp³-hybridized carbons (Fsp3) is 0.250. The first-order valence-corrected chi connectivity index (χ1v) is 5.06. The Balaban J connectivity index is 2.91. The minimum Gasteiger partial charge on any atom is -0.464 e. The molecule has 1 N–H and O–H groups in total. The van der Waals surface area contributed by atoms with Crippen molar-refractivity contribution in [2.75, 3.05) is 0 Å². The van der Waals surface area contributed by atoms with Gasteiger partial charge in [-0.1, -0.05) is 32.0 Å². The minimum atomic E-state index is -1.29. The van der Waals surface area contributed by atoms with E-state index in [1.807, 2.05) is 13.8 Å². The second-order valence-electron chi connectivity index (χ2n) is 3.99. The highest BCUT2D eigenvalue weighted by Gasteiger charge is 2.22. The first-order chi connectivity index (χ1) is 7.54. The number of fused-ring (bicyclic) bond motifs is 1. The number of aromatic nitrogens is 1. The molecular weight excluding hydrogens is 209 g/mol. The molecule has 0 atom stereocenters. The van der Waals surface area contributed by atoms with E-state index in [1.165, 1.54) is 0 Å². The van der Waals surface area contributed by atoms with Crippen LogP contribution >= 0.6 is 0 Å². The van der Waals surface area contributed by atoms with Crippen LogP contribution in [-0.2, 0) is 0 Å². The van der Waals surface area contributed by atoms with Crippen LogP contribution in [0.2, 0.25) is 0 Å². The standard InChI is InChI=1S/C12H12FNO2/c1-7(2)10-8-5-3-4-6-9(8)14(11(10)13)12(15)16/h3-7H,1-2H3,(H,15,16). The molecule has 0 aliphatic rings. The Morgan fingerprint density at radius 1 is 1.38 bits per heavy atom. The lowest BCUT2D eigenvalue weighted by Crippen LogP contribution is -2.10. The molecule has 0 unspecified atom stereocenters. The lowest BCUT2D eigenvalue weighted by Gasteiger charge is -2.02. The van der Waals surface area contributed by atoms with Gasteiger partial charge in [-0.05, 0) is 12.0 Å². The SMILES string of the molecule is CC(C)c1c(F)n(C(=O)O)c2ccccc12. The molecule has 1 aromatic heterocycles. The lowest BCUT2D eigenvalue weighted by atomic mass is 10.0. The number of hydrogen-bond donors (Lipinski definition) is 1. The van der Waals surface area contributed by atoms with Crippen LogP contribution in [-0.4, -0.2) is 15.8 Å². The van der Waals surface area contributed by atoms with Crippen LogP contribution in [0.4, 0.5) is 9.18 Å². The normalized spacial score (nSPS) is 11.2. The molecule has 0 aliphatic carbocycles. The molecule has 1 aromatic carbocycles. The maximum absolute atomic E-state index is 14.0. The quantitative estimate of drug-likeness (QED) is 0.801. The van der Waals surface area contributed by atoms with Gasteiger partial charge in [0.1, 0.15) is 0 Å². The van der Waals surface area contributed by atoms with Gasteiger partial charge in [-0.3, -0.25) is 0 Å². The number of para-hydroxylation sites is 1. The topological polar surface area (TPSA) is 42.2 Å². The van der Waals surface area contributed by atoms with Crippen molar-refractivity contribution in [3.05, 3.63) is 35.8 Å². The van der Waals surface area contributed by atoms with Crippen molar-refractivity contribution < 1.29 is 14.3 Å². The largest absolute Gasteiger partial charge is 0.464 e. The molecule has 0 amide bonds. The predicted octanol–water partition coefficient (Wildman–Crippen LogP) is 3.43. The Bertz CT molecular complexity index is 557. The van der Waals surface area contributed by atoms with Crippen LogP contribution < -0.4 is 0 Å². The van der Waals surface area contributed by atoms with Gasteiger partial charge in [0.05, 0.1) is 5.52 Å². The van der Waals surface area contributed by atoms with Crippen LogP contribution in [0, 0.1) is 5.95 Å². The van der Waals surface area contributed by atoms with Gasteiger partial charge in [0, 0.05) is 10.9 Å². The number of rotatable bonds is 1. The molecular formula is C12H12FNO2.